The fourth-order valence-electron chi connectivity index (χ4n) is 1.01. The van der Waals surface area contributed by atoms with Crippen LogP contribution in [0.1, 0.15) is 23.0 Å². The molecule has 0 saturated heterocycles. The Labute approximate surface area is 81.5 Å². The quantitative estimate of drug-likeness (QED) is 0.738. The highest BCUT2D eigenvalue weighted by molar-refractivity contribution is 5.85. The van der Waals surface area contributed by atoms with E-state index in [2.05, 4.69) is 4.98 Å². The van der Waals surface area contributed by atoms with Crippen LogP contribution in [0.25, 0.3) is 0 Å². The van der Waals surface area contributed by atoms with E-state index in [1.54, 1.807) is 13.0 Å². The third-order valence-electron chi connectivity index (χ3n) is 1.66. The number of carbonyl (C=O) groups is 1. The van der Waals surface area contributed by atoms with Gasteiger partial charge in [0.25, 0.3) is 0 Å². The van der Waals surface area contributed by atoms with Crippen molar-refractivity contribution in [1.29, 1.82) is 0 Å². The second kappa shape index (κ2) is 4.57. The molecule has 0 atom stereocenters. The summed E-state index contributed by atoms with van der Waals surface area (Å²) >= 11 is 0. The molecule has 76 valence electrons. The molecule has 0 aliphatic rings. The van der Waals surface area contributed by atoms with Crippen molar-refractivity contribution < 1.29 is 14.6 Å². The maximum atomic E-state index is 10.6. The number of nitrogens with zero attached hydrogens (tertiary/aromatic N) is 1. The van der Waals surface area contributed by atoms with Crippen molar-refractivity contribution in [2.24, 2.45) is 5.73 Å². The molecule has 0 radical (unpaired) electrons. The molecule has 3 N–H and O–H groups in total. The van der Waals surface area contributed by atoms with E-state index in [1.807, 2.05) is 0 Å². The Kier molecular flexibility index (Phi) is 3.41. The molecule has 14 heavy (non-hydrogen) atoms. The van der Waals surface area contributed by atoms with E-state index in [4.69, 9.17) is 15.6 Å². The van der Waals surface area contributed by atoms with Crippen molar-refractivity contribution in [2.45, 2.75) is 13.5 Å². The van der Waals surface area contributed by atoms with Crippen LogP contribution in [0.4, 0.5) is 0 Å². The Morgan fingerprint density at radius 2 is 2.36 bits per heavy atom. The normalized spacial score (nSPS) is 9.86. The zero-order chi connectivity index (χ0) is 10.6. The highest BCUT2D eigenvalue weighted by Gasteiger charge is 2.09. The van der Waals surface area contributed by atoms with Gasteiger partial charge in [0.1, 0.15) is 0 Å². The van der Waals surface area contributed by atoms with Gasteiger partial charge in [-0.15, -0.1) is 0 Å². The minimum atomic E-state index is -1.07. The van der Waals surface area contributed by atoms with Crippen LogP contribution in [0, 0.1) is 0 Å². The van der Waals surface area contributed by atoms with Crippen LogP contribution in [0.3, 0.4) is 0 Å². The molecule has 0 aliphatic heterocycles. The fraction of sp³-hybridized carbons (Fsp3) is 0.333. The Morgan fingerprint density at radius 3 is 2.86 bits per heavy atom. The van der Waals surface area contributed by atoms with Gasteiger partial charge in [0.05, 0.1) is 6.61 Å². The summed E-state index contributed by atoms with van der Waals surface area (Å²) < 4.78 is 5.16. The van der Waals surface area contributed by atoms with Crippen LogP contribution in [-0.4, -0.2) is 22.7 Å². The van der Waals surface area contributed by atoms with Gasteiger partial charge in [-0.2, -0.15) is 0 Å². The van der Waals surface area contributed by atoms with Gasteiger partial charge in [-0.05, 0) is 19.1 Å². The first-order chi connectivity index (χ1) is 6.69. The molecule has 0 unspecified atom stereocenters. The molecule has 5 nitrogen and oxygen atoms in total. The molecule has 1 aromatic heterocycles. The van der Waals surface area contributed by atoms with Gasteiger partial charge in [0.15, 0.2) is 5.69 Å². The van der Waals surface area contributed by atoms with Gasteiger partial charge in [-0.1, -0.05) is 0 Å². The average Bonchev–Trinajstić information content (AvgIpc) is 2.18. The first-order valence-corrected chi connectivity index (χ1v) is 4.25. The molecule has 0 fully saturated rings. The monoisotopic (exact) mass is 196 g/mol. The maximum Gasteiger partial charge on any atom is 0.354 e. The van der Waals surface area contributed by atoms with Crippen LogP contribution in [0.2, 0.25) is 0 Å². The first-order valence-electron chi connectivity index (χ1n) is 4.25. The highest BCUT2D eigenvalue weighted by atomic mass is 16.5. The zero-order valence-corrected chi connectivity index (χ0v) is 7.86. The number of carboxylic acids is 1. The predicted molar refractivity (Wildman–Crippen MR) is 50.3 cm³/mol. The van der Waals surface area contributed by atoms with E-state index in [9.17, 15) is 4.79 Å². The van der Waals surface area contributed by atoms with E-state index in [0.717, 1.165) is 0 Å². The Balaban J connectivity index is 3.07. The lowest BCUT2D eigenvalue weighted by Crippen LogP contribution is -2.08. The summed E-state index contributed by atoms with van der Waals surface area (Å²) in [5.41, 5.74) is 6.11. The van der Waals surface area contributed by atoms with Crippen molar-refractivity contribution in [3.05, 3.63) is 23.4 Å². The van der Waals surface area contributed by atoms with Gasteiger partial charge in [-0.3, -0.25) is 0 Å². The van der Waals surface area contributed by atoms with E-state index in [-0.39, 0.29) is 12.2 Å². The molecule has 1 aromatic rings. The van der Waals surface area contributed by atoms with Crippen molar-refractivity contribution in [2.75, 3.05) is 6.61 Å². The van der Waals surface area contributed by atoms with E-state index < -0.39 is 5.97 Å². The molecule has 1 rings (SSSR count). The van der Waals surface area contributed by atoms with Crippen molar-refractivity contribution in [3.63, 3.8) is 0 Å². The number of pyridine rings is 1. The summed E-state index contributed by atoms with van der Waals surface area (Å²) in [5, 5.41) is 8.69. The SMILES string of the molecule is CCOc1nc(C(=O)O)ccc1CN. The van der Waals surface area contributed by atoms with Crippen molar-refractivity contribution >= 4 is 5.97 Å². The number of nitrogens with two attached hydrogens (primary N) is 1. The second-order valence-electron chi connectivity index (χ2n) is 2.60. The molecular formula is C9H12N2O3. The number of rotatable bonds is 4. The molecule has 0 amide bonds. The van der Waals surface area contributed by atoms with Crippen LogP contribution in [0.5, 0.6) is 5.88 Å². The smallest absolute Gasteiger partial charge is 0.354 e. The average molecular weight is 196 g/mol. The van der Waals surface area contributed by atoms with Crippen LogP contribution in [-0.2, 0) is 6.54 Å². The lowest BCUT2D eigenvalue weighted by Gasteiger charge is -2.07. The highest BCUT2D eigenvalue weighted by Crippen LogP contribution is 2.15. The largest absolute Gasteiger partial charge is 0.478 e. The van der Waals surface area contributed by atoms with E-state index in [1.165, 1.54) is 6.07 Å². The summed E-state index contributed by atoms with van der Waals surface area (Å²) in [7, 11) is 0. The third-order valence-corrected chi connectivity index (χ3v) is 1.66. The summed E-state index contributed by atoms with van der Waals surface area (Å²) in [6.45, 7) is 2.51. The van der Waals surface area contributed by atoms with Crippen molar-refractivity contribution in [3.8, 4) is 5.88 Å². The standard InChI is InChI=1S/C9H12N2O3/c1-2-14-8-6(5-10)3-4-7(11-8)9(12)13/h3-4H,2,5,10H2,1H3,(H,12,13). The molecule has 0 saturated carbocycles. The minimum absolute atomic E-state index is 0.0364. The Hall–Kier alpha value is -1.62. The topological polar surface area (TPSA) is 85.4 Å². The maximum absolute atomic E-state index is 10.6. The summed E-state index contributed by atoms with van der Waals surface area (Å²) in [5.74, 6) is -0.774. The van der Waals surface area contributed by atoms with E-state index >= 15 is 0 Å². The molecule has 0 spiro atoms. The van der Waals surface area contributed by atoms with Crippen LogP contribution < -0.4 is 10.5 Å². The molecular weight excluding hydrogens is 184 g/mol. The number of aromatic nitrogens is 1. The number of ether oxygens (including phenoxy) is 1. The van der Waals surface area contributed by atoms with E-state index in [0.29, 0.717) is 18.1 Å². The lowest BCUT2D eigenvalue weighted by molar-refractivity contribution is 0.0689. The summed E-state index contributed by atoms with van der Waals surface area (Å²) in [4.78, 5) is 14.4. The first kappa shape index (κ1) is 10.5. The summed E-state index contributed by atoms with van der Waals surface area (Å²) in [6, 6.07) is 3.02. The lowest BCUT2D eigenvalue weighted by atomic mass is 10.2. The minimum Gasteiger partial charge on any atom is -0.478 e. The second-order valence-corrected chi connectivity index (χ2v) is 2.60. The predicted octanol–water partition coefficient (Wildman–Crippen LogP) is 0.637. The Morgan fingerprint density at radius 1 is 1.64 bits per heavy atom. The van der Waals surface area contributed by atoms with Crippen LogP contribution in [0.15, 0.2) is 12.1 Å². The zero-order valence-electron chi connectivity index (χ0n) is 7.86. The molecule has 1 heterocycles. The summed E-state index contributed by atoms with van der Waals surface area (Å²) in [6.07, 6.45) is 0. The molecule has 0 aliphatic carbocycles. The van der Waals surface area contributed by atoms with Gasteiger partial charge in [0, 0.05) is 12.1 Å². The van der Waals surface area contributed by atoms with Gasteiger partial charge >= 0.3 is 5.97 Å². The van der Waals surface area contributed by atoms with Crippen molar-refractivity contribution in [1.82, 2.24) is 4.98 Å². The number of hydrogen-bond acceptors (Lipinski definition) is 4. The van der Waals surface area contributed by atoms with Crippen LogP contribution >= 0.6 is 0 Å². The molecule has 5 heteroatoms. The van der Waals surface area contributed by atoms with Gasteiger partial charge < -0.3 is 15.6 Å². The number of carboxylic acid groups (broad SMARTS) is 1. The van der Waals surface area contributed by atoms with Gasteiger partial charge in [-0.25, -0.2) is 9.78 Å². The van der Waals surface area contributed by atoms with Gasteiger partial charge in [0.2, 0.25) is 5.88 Å². The fourth-order valence-corrected chi connectivity index (χ4v) is 1.01. The number of aromatic carboxylic acids is 1. The molecule has 0 aromatic carbocycles. The third kappa shape index (κ3) is 2.20. The number of hydrogen-bond donors (Lipinski definition) is 2. The molecule has 0 bridgehead atoms. The Bertz CT molecular complexity index is 339.